The van der Waals surface area contributed by atoms with Crippen molar-refractivity contribution in [1.29, 1.82) is 0 Å². The van der Waals surface area contributed by atoms with Crippen LogP contribution in [0.5, 0.6) is 0 Å². The Morgan fingerprint density at radius 3 is 2.64 bits per heavy atom. The summed E-state index contributed by atoms with van der Waals surface area (Å²) >= 11 is 1.21. The molecule has 0 atom stereocenters. The first-order chi connectivity index (χ1) is 6.65. The van der Waals surface area contributed by atoms with Crippen LogP contribution in [0.3, 0.4) is 0 Å². The standard InChI is InChI=1S/C10H9FO2S/c1-14-9(6-10(12)13)7-4-2-3-5-8(7)11/h2-6H,1H3,(H,12,13). The van der Waals surface area contributed by atoms with Crippen LogP contribution in [0.1, 0.15) is 5.56 Å². The molecular formula is C10H9FO2S. The Morgan fingerprint density at radius 1 is 1.50 bits per heavy atom. The summed E-state index contributed by atoms with van der Waals surface area (Å²) in [4.78, 5) is 10.9. The minimum Gasteiger partial charge on any atom is -0.478 e. The van der Waals surface area contributed by atoms with Gasteiger partial charge in [0.1, 0.15) is 5.82 Å². The topological polar surface area (TPSA) is 37.3 Å². The largest absolute Gasteiger partial charge is 0.478 e. The highest BCUT2D eigenvalue weighted by Gasteiger charge is 2.07. The van der Waals surface area contributed by atoms with E-state index in [1.54, 1.807) is 24.5 Å². The Morgan fingerprint density at radius 2 is 2.14 bits per heavy atom. The predicted octanol–water partition coefficient (Wildman–Crippen LogP) is 2.61. The fraction of sp³-hybridized carbons (Fsp3) is 0.100. The molecule has 4 heteroatoms. The van der Waals surface area contributed by atoms with Crippen LogP contribution in [0.4, 0.5) is 4.39 Å². The van der Waals surface area contributed by atoms with Gasteiger partial charge in [0.15, 0.2) is 0 Å². The molecule has 0 amide bonds. The van der Waals surface area contributed by atoms with E-state index < -0.39 is 11.8 Å². The van der Waals surface area contributed by atoms with E-state index in [2.05, 4.69) is 0 Å². The van der Waals surface area contributed by atoms with Crippen LogP contribution >= 0.6 is 11.8 Å². The first-order valence-corrected chi connectivity index (χ1v) is 5.11. The molecule has 0 aliphatic carbocycles. The van der Waals surface area contributed by atoms with Crippen LogP contribution in [0.2, 0.25) is 0 Å². The number of aliphatic carboxylic acids is 1. The van der Waals surface area contributed by atoms with Gasteiger partial charge in [-0.3, -0.25) is 0 Å². The molecule has 14 heavy (non-hydrogen) atoms. The SMILES string of the molecule is CSC(=CC(=O)O)c1ccccc1F. The molecule has 74 valence electrons. The first-order valence-electron chi connectivity index (χ1n) is 3.88. The van der Waals surface area contributed by atoms with Gasteiger partial charge in [0.2, 0.25) is 0 Å². The molecule has 0 heterocycles. The lowest BCUT2D eigenvalue weighted by Crippen LogP contribution is -1.92. The van der Waals surface area contributed by atoms with Crippen LogP contribution in [0, 0.1) is 5.82 Å². The van der Waals surface area contributed by atoms with E-state index in [9.17, 15) is 9.18 Å². The van der Waals surface area contributed by atoms with Gasteiger partial charge in [0, 0.05) is 16.5 Å². The zero-order chi connectivity index (χ0) is 10.6. The van der Waals surface area contributed by atoms with Crippen molar-refractivity contribution in [2.24, 2.45) is 0 Å². The Bertz CT molecular complexity index is 374. The number of benzene rings is 1. The zero-order valence-electron chi connectivity index (χ0n) is 7.53. The second-order valence-corrected chi connectivity index (χ2v) is 3.38. The van der Waals surface area contributed by atoms with Crippen molar-refractivity contribution >= 4 is 22.6 Å². The van der Waals surface area contributed by atoms with E-state index in [1.807, 2.05) is 0 Å². The molecule has 1 aromatic rings. The molecule has 0 saturated carbocycles. The lowest BCUT2D eigenvalue weighted by atomic mass is 10.2. The molecule has 0 spiro atoms. The van der Waals surface area contributed by atoms with Crippen LogP contribution in [-0.4, -0.2) is 17.3 Å². The average Bonchev–Trinajstić information content (AvgIpc) is 2.15. The quantitative estimate of drug-likeness (QED) is 0.782. The van der Waals surface area contributed by atoms with Crippen molar-refractivity contribution in [3.63, 3.8) is 0 Å². The lowest BCUT2D eigenvalue weighted by Gasteiger charge is -2.03. The predicted molar refractivity (Wildman–Crippen MR) is 55.5 cm³/mol. The highest BCUT2D eigenvalue weighted by molar-refractivity contribution is 8.07. The van der Waals surface area contributed by atoms with Gasteiger partial charge < -0.3 is 5.11 Å². The Balaban J connectivity index is 3.13. The number of carboxylic acids is 1. The summed E-state index contributed by atoms with van der Waals surface area (Å²) in [5, 5.41) is 8.56. The highest BCUT2D eigenvalue weighted by atomic mass is 32.2. The minimum atomic E-state index is -1.07. The summed E-state index contributed by atoms with van der Waals surface area (Å²) in [6.45, 7) is 0. The molecule has 0 aliphatic rings. The third-order valence-electron chi connectivity index (χ3n) is 1.61. The van der Waals surface area contributed by atoms with Crippen molar-refractivity contribution in [2.75, 3.05) is 6.26 Å². The monoisotopic (exact) mass is 212 g/mol. The van der Waals surface area contributed by atoms with E-state index in [0.717, 1.165) is 6.08 Å². The maximum absolute atomic E-state index is 13.2. The molecule has 0 aromatic heterocycles. The second-order valence-electron chi connectivity index (χ2n) is 2.53. The first kappa shape index (κ1) is 10.8. The number of hydrogen-bond acceptors (Lipinski definition) is 2. The van der Waals surface area contributed by atoms with Gasteiger partial charge in [-0.15, -0.1) is 11.8 Å². The number of thioether (sulfide) groups is 1. The molecule has 1 rings (SSSR count). The molecular weight excluding hydrogens is 203 g/mol. The summed E-state index contributed by atoms with van der Waals surface area (Å²) in [7, 11) is 0. The van der Waals surface area contributed by atoms with E-state index in [1.165, 1.54) is 17.8 Å². The Hall–Kier alpha value is -1.29. The lowest BCUT2D eigenvalue weighted by molar-refractivity contribution is -0.131. The summed E-state index contributed by atoms with van der Waals surface area (Å²) < 4.78 is 13.2. The van der Waals surface area contributed by atoms with Crippen molar-refractivity contribution in [1.82, 2.24) is 0 Å². The summed E-state index contributed by atoms with van der Waals surface area (Å²) in [5.41, 5.74) is 0.322. The number of carboxylic acid groups (broad SMARTS) is 1. The fourth-order valence-electron chi connectivity index (χ4n) is 1.02. The molecule has 2 nitrogen and oxygen atoms in total. The van der Waals surface area contributed by atoms with Crippen LogP contribution in [-0.2, 0) is 4.79 Å². The number of hydrogen-bond donors (Lipinski definition) is 1. The van der Waals surface area contributed by atoms with Gasteiger partial charge >= 0.3 is 5.97 Å². The average molecular weight is 212 g/mol. The molecule has 0 aliphatic heterocycles. The summed E-state index contributed by atoms with van der Waals surface area (Å²) in [6, 6.07) is 6.10. The van der Waals surface area contributed by atoms with Crippen molar-refractivity contribution < 1.29 is 14.3 Å². The smallest absolute Gasteiger partial charge is 0.329 e. The van der Waals surface area contributed by atoms with E-state index in [-0.39, 0.29) is 0 Å². The highest BCUT2D eigenvalue weighted by Crippen LogP contribution is 2.26. The number of rotatable bonds is 3. The minimum absolute atomic E-state index is 0.322. The summed E-state index contributed by atoms with van der Waals surface area (Å²) in [6.07, 6.45) is 2.71. The molecule has 0 fully saturated rings. The van der Waals surface area contributed by atoms with E-state index >= 15 is 0 Å². The third kappa shape index (κ3) is 2.60. The van der Waals surface area contributed by atoms with Crippen molar-refractivity contribution in [2.45, 2.75) is 0 Å². The van der Waals surface area contributed by atoms with Gasteiger partial charge in [-0.1, -0.05) is 18.2 Å². The fourth-order valence-corrected chi connectivity index (χ4v) is 1.62. The maximum atomic E-state index is 13.2. The molecule has 0 unspecified atom stereocenters. The molecule has 1 aromatic carbocycles. The Kier molecular flexibility index (Phi) is 3.71. The van der Waals surface area contributed by atoms with Crippen molar-refractivity contribution in [3.05, 3.63) is 41.7 Å². The van der Waals surface area contributed by atoms with E-state index in [0.29, 0.717) is 10.5 Å². The van der Waals surface area contributed by atoms with Crippen LogP contribution in [0.25, 0.3) is 4.91 Å². The normalized spacial score (nSPS) is 11.4. The second kappa shape index (κ2) is 4.81. The number of halogens is 1. The van der Waals surface area contributed by atoms with Crippen molar-refractivity contribution in [3.8, 4) is 0 Å². The summed E-state index contributed by atoms with van der Waals surface area (Å²) in [5.74, 6) is -1.48. The van der Waals surface area contributed by atoms with Gasteiger partial charge in [0.05, 0.1) is 0 Å². The van der Waals surface area contributed by atoms with Gasteiger partial charge in [-0.25, -0.2) is 9.18 Å². The molecule has 0 bridgehead atoms. The van der Waals surface area contributed by atoms with E-state index in [4.69, 9.17) is 5.11 Å². The van der Waals surface area contributed by atoms with Gasteiger partial charge in [0.25, 0.3) is 0 Å². The van der Waals surface area contributed by atoms with Crippen LogP contribution in [0.15, 0.2) is 30.3 Å². The zero-order valence-corrected chi connectivity index (χ0v) is 8.34. The molecule has 0 radical (unpaired) electrons. The Labute approximate surface area is 85.4 Å². The maximum Gasteiger partial charge on any atom is 0.329 e. The number of carbonyl (C=O) groups is 1. The van der Waals surface area contributed by atoms with Gasteiger partial charge in [-0.05, 0) is 12.3 Å². The van der Waals surface area contributed by atoms with Gasteiger partial charge in [-0.2, -0.15) is 0 Å². The van der Waals surface area contributed by atoms with Crippen LogP contribution < -0.4 is 0 Å². The molecule has 0 saturated heterocycles. The third-order valence-corrected chi connectivity index (χ3v) is 2.39. The molecule has 1 N–H and O–H groups in total.